The summed E-state index contributed by atoms with van der Waals surface area (Å²) in [4.78, 5) is 13.6. The monoisotopic (exact) mass is 324 g/mol. The number of hydrogen-bond donors (Lipinski definition) is 2. The normalized spacial score (nSPS) is 26.1. The predicted molar refractivity (Wildman–Crippen MR) is 73.2 cm³/mol. The molecule has 5 nitrogen and oxygen atoms in total. The molecule has 1 amide bonds. The minimum Gasteiger partial charge on any atom is -0.383 e. The van der Waals surface area contributed by atoms with Crippen LogP contribution in [0.3, 0.4) is 0 Å². The summed E-state index contributed by atoms with van der Waals surface area (Å²) in [6.45, 7) is 2.19. The summed E-state index contributed by atoms with van der Waals surface area (Å²) in [5, 5.41) is 12.0. The predicted octanol–water partition coefficient (Wildman–Crippen LogP) is 0.917. The second-order valence-electron chi connectivity index (χ2n) is 6.04. The molecule has 0 spiro atoms. The third-order valence-electron chi connectivity index (χ3n) is 4.33. The number of aliphatic hydroxyl groups is 1. The van der Waals surface area contributed by atoms with E-state index in [1.54, 1.807) is 0 Å². The van der Waals surface area contributed by atoms with Crippen molar-refractivity contribution in [3.63, 3.8) is 0 Å². The number of likely N-dealkylation sites (tertiary alicyclic amines) is 1. The lowest BCUT2D eigenvalue weighted by molar-refractivity contribution is -0.223. The molecule has 0 radical (unpaired) electrons. The maximum Gasteiger partial charge on any atom is 0.414 e. The van der Waals surface area contributed by atoms with E-state index < -0.39 is 18.2 Å². The molecule has 2 aliphatic rings. The zero-order chi connectivity index (χ0) is 16.2. The average molecular weight is 324 g/mol. The molecule has 0 bridgehead atoms. The Hall–Kier alpha value is -0.860. The lowest BCUT2D eigenvalue weighted by Crippen LogP contribution is -2.46. The van der Waals surface area contributed by atoms with E-state index in [2.05, 4.69) is 5.32 Å². The second-order valence-corrected chi connectivity index (χ2v) is 6.04. The number of rotatable bonds is 5. The van der Waals surface area contributed by atoms with Gasteiger partial charge in [0.05, 0.1) is 12.6 Å². The van der Waals surface area contributed by atoms with E-state index in [4.69, 9.17) is 4.74 Å². The van der Waals surface area contributed by atoms with Gasteiger partial charge in [0, 0.05) is 13.2 Å². The number of aliphatic hydroxyl groups excluding tert-OH is 1. The van der Waals surface area contributed by atoms with E-state index in [0.717, 1.165) is 19.4 Å². The van der Waals surface area contributed by atoms with Crippen molar-refractivity contribution in [1.82, 2.24) is 10.2 Å². The molecule has 0 saturated carbocycles. The van der Waals surface area contributed by atoms with Gasteiger partial charge in [-0.3, -0.25) is 9.69 Å². The average Bonchev–Trinajstić information content (AvgIpc) is 2.97. The van der Waals surface area contributed by atoms with Crippen LogP contribution in [0.2, 0.25) is 0 Å². The number of piperidine rings is 1. The minimum absolute atomic E-state index is 0.0802. The molecular formula is C14H23F3N2O3. The summed E-state index contributed by atoms with van der Waals surface area (Å²) in [6.07, 6.45) is -4.29. The topological polar surface area (TPSA) is 61.8 Å². The number of nitrogens with one attached hydrogen (secondary N) is 1. The Bertz CT molecular complexity index is 365. The maximum absolute atomic E-state index is 12.4. The molecular weight excluding hydrogens is 301 g/mol. The maximum atomic E-state index is 12.4. The molecule has 0 aromatic carbocycles. The van der Waals surface area contributed by atoms with E-state index in [1.807, 2.05) is 4.90 Å². The van der Waals surface area contributed by atoms with Gasteiger partial charge in [-0.15, -0.1) is 0 Å². The second kappa shape index (κ2) is 7.61. The van der Waals surface area contributed by atoms with Crippen LogP contribution in [0.4, 0.5) is 13.2 Å². The Morgan fingerprint density at radius 3 is 2.55 bits per heavy atom. The van der Waals surface area contributed by atoms with Crippen LogP contribution < -0.4 is 5.32 Å². The zero-order valence-electron chi connectivity index (χ0n) is 12.4. The van der Waals surface area contributed by atoms with Crippen molar-refractivity contribution in [3.05, 3.63) is 0 Å². The molecule has 8 heteroatoms. The summed E-state index contributed by atoms with van der Waals surface area (Å²) in [5.74, 6) is -0.906. The smallest absolute Gasteiger partial charge is 0.383 e. The van der Waals surface area contributed by atoms with Gasteiger partial charge in [0.15, 0.2) is 6.10 Å². The minimum atomic E-state index is -4.56. The third-order valence-corrected chi connectivity index (χ3v) is 4.33. The number of hydrogen-bond acceptors (Lipinski definition) is 4. The standard InChI is InChI=1S/C14H23F3N2O3/c15-14(16,17)13(21)10-3-5-19(6-4-10)9-12(20)18-8-11-2-1-7-22-11/h10-11,13,21H,1-9H2,(H,18,20). The molecule has 22 heavy (non-hydrogen) atoms. The van der Waals surface area contributed by atoms with Crippen molar-refractivity contribution in [2.45, 2.75) is 44.1 Å². The summed E-state index contributed by atoms with van der Waals surface area (Å²) >= 11 is 0. The number of amides is 1. The van der Waals surface area contributed by atoms with E-state index in [9.17, 15) is 23.1 Å². The summed E-state index contributed by atoms with van der Waals surface area (Å²) in [7, 11) is 0. The van der Waals surface area contributed by atoms with Gasteiger partial charge in [-0.1, -0.05) is 0 Å². The molecule has 0 aliphatic carbocycles. The lowest BCUT2D eigenvalue weighted by Gasteiger charge is -2.34. The van der Waals surface area contributed by atoms with E-state index in [-0.39, 0.29) is 31.4 Å². The van der Waals surface area contributed by atoms with Crippen LogP contribution in [0.5, 0.6) is 0 Å². The largest absolute Gasteiger partial charge is 0.414 e. The number of alkyl halides is 3. The fourth-order valence-electron chi connectivity index (χ4n) is 2.99. The van der Waals surface area contributed by atoms with Gasteiger partial charge in [0.25, 0.3) is 0 Å². The van der Waals surface area contributed by atoms with Gasteiger partial charge in [0.1, 0.15) is 0 Å². The molecule has 128 valence electrons. The van der Waals surface area contributed by atoms with Crippen molar-refractivity contribution in [3.8, 4) is 0 Å². The fourth-order valence-corrected chi connectivity index (χ4v) is 2.99. The van der Waals surface area contributed by atoms with Crippen molar-refractivity contribution < 1.29 is 27.8 Å². The summed E-state index contributed by atoms with van der Waals surface area (Å²) in [6, 6.07) is 0. The first-order valence-electron chi connectivity index (χ1n) is 7.71. The van der Waals surface area contributed by atoms with E-state index in [0.29, 0.717) is 19.6 Å². The Kier molecular flexibility index (Phi) is 6.05. The summed E-state index contributed by atoms with van der Waals surface area (Å²) in [5.41, 5.74) is 0. The highest BCUT2D eigenvalue weighted by molar-refractivity contribution is 5.78. The lowest BCUT2D eigenvalue weighted by atomic mass is 9.91. The van der Waals surface area contributed by atoms with Crippen molar-refractivity contribution in [2.75, 3.05) is 32.8 Å². The molecule has 2 saturated heterocycles. The van der Waals surface area contributed by atoms with Crippen molar-refractivity contribution in [1.29, 1.82) is 0 Å². The first-order valence-corrected chi connectivity index (χ1v) is 7.71. The van der Waals surface area contributed by atoms with Gasteiger partial charge in [-0.05, 0) is 44.7 Å². The number of halogens is 3. The number of ether oxygens (including phenoxy) is 1. The van der Waals surface area contributed by atoms with Crippen LogP contribution in [0, 0.1) is 5.92 Å². The van der Waals surface area contributed by atoms with E-state index >= 15 is 0 Å². The fraction of sp³-hybridized carbons (Fsp3) is 0.929. The Balaban J connectivity index is 1.65. The molecule has 2 unspecified atom stereocenters. The van der Waals surface area contributed by atoms with E-state index in [1.165, 1.54) is 0 Å². The molecule has 2 fully saturated rings. The summed E-state index contributed by atoms with van der Waals surface area (Å²) < 4.78 is 42.8. The molecule has 0 aromatic rings. The van der Waals surface area contributed by atoms with Gasteiger partial charge in [-0.2, -0.15) is 13.2 Å². The Labute approximate surface area is 127 Å². The van der Waals surface area contributed by atoms with Crippen LogP contribution >= 0.6 is 0 Å². The Morgan fingerprint density at radius 1 is 1.32 bits per heavy atom. The van der Waals surface area contributed by atoms with Crippen molar-refractivity contribution >= 4 is 5.91 Å². The zero-order valence-corrected chi connectivity index (χ0v) is 12.4. The van der Waals surface area contributed by atoms with Crippen molar-refractivity contribution in [2.24, 2.45) is 5.92 Å². The molecule has 2 N–H and O–H groups in total. The van der Waals surface area contributed by atoms with Crippen LogP contribution in [-0.2, 0) is 9.53 Å². The highest BCUT2D eigenvalue weighted by Crippen LogP contribution is 2.31. The SMILES string of the molecule is O=C(CN1CCC(C(O)C(F)(F)F)CC1)NCC1CCCO1. The molecule has 2 atom stereocenters. The molecule has 0 aromatic heterocycles. The number of carbonyl (C=O) groups excluding carboxylic acids is 1. The van der Waals surface area contributed by atoms with Crippen LogP contribution in [0.25, 0.3) is 0 Å². The Morgan fingerprint density at radius 2 is 2.00 bits per heavy atom. The first kappa shape index (κ1) is 17.5. The molecule has 2 heterocycles. The van der Waals surface area contributed by atoms with Gasteiger partial charge < -0.3 is 15.2 Å². The molecule has 2 rings (SSSR count). The van der Waals surface area contributed by atoms with Crippen LogP contribution in [0.1, 0.15) is 25.7 Å². The van der Waals surface area contributed by atoms with Gasteiger partial charge in [0.2, 0.25) is 5.91 Å². The van der Waals surface area contributed by atoms with Crippen LogP contribution in [-0.4, -0.2) is 67.1 Å². The highest BCUT2D eigenvalue weighted by Gasteiger charge is 2.44. The highest BCUT2D eigenvalue weighted by atomic mass is 19.4. The van der Waals surface area contributed by atoms with Gasteiger partial charge in [-0.25, -0.2) is 0 Å². The first-order chi connectivity index (χ1) is 10.4. The number of nitrogens with zero attached hydrogens (tertiary/aromatic N) is 1. The quantitative estimate of drug-likeness (QED) is 0.789. The molecule has 2 aliphatic heterocycles. The third kappa shape index (κ3) is 5.10. The van der Waals surface area contributed by atoms with Crippen LogP contribution in [0.15, 0.2) is 0 Å². The van der Waals surface area contributed by atoms with Gasteiger partial charge >= 0.3 is 6.18 Å². The number of carbonyl (C=O) groups is 1.